The zero-order valence-corrected chi connectivity index (χ0v) is 22.0. The number of fused-ring (bicyclic) bond motifs is 3. The fraction of sp³-hybridized carbons (Fsp3) is 0.464. The first-order chi connectivity index (χ1) is 16.6. The van der Waals surface area contributed by atoms with Crippen LogP contribution < -0.4 is 22.0 Å². The zero-order chi connectivity index (χ0) is 23.5. The number of benzene rings is 2. The highest BCUT2D eigenvalue weighted by atomic mass is 79.9. The van der Waals surface area contributed by atoms with Gasteiger partial charge in [0.1, 0.15) is 18.8 Å². The van der Waals surface area contributed by atoms with Gasteiger partial charge in [0.05, 0.1) is 5.39 Å². The van der Waals surface area contributed by atoms with Gasteiger partial charge in [-0.3, -0.25) is 10.2 Å². The van der Waals surface area contributed by atoms with Gasteiger partial charge in [-0.05, 0) is 61.3 Å². The molecule has 0 radical (unpaired) electrons. The van der Waals surface area contributed by atoms with Gasteiger partial charge >= 0.3 is 5.97 Å². The van der Waals surface area contributed by atoms with Crippen molar-refractivity contribution in [1.29, 1.82) is 5.41 Å². The summed E-state index contributed by atoms with van der Waals surface area (Å²) in [6.07, 6.45) is 10.6. The van der Waals surface area contributed by atoms with Crippen LogP contribution in [0.1, 0.15) is 78.5 Å². The third-order valence-electron chi connectivity index (χ3n) is 7.45. The molecule has 1 aromatic heterocycles. The van der Waals surface area contributed by atoms with Crippen LogP contribution in [-0.4, -0.2) is 29.9 Å². The second kappa shape index (κ2) is 11.5. The molecule has 0 saturated carbocycles. The maximum absolute atomic E-state index is 12.9. The van der Waals surface area contributed by atoms with E-state index in [0.717, 1.165) is 79.6 Å². The van der Waals surface area contributed by atoms with E-state index >= 15 is 0 Å². The van der Waals surface area contributed by atoms with Crippen molar-refractivity contribution in [2.45, 2.75) is 71.1 Å². The molecule has 2 N–H and O–H groups in total. The molecule has 1 saturated heterocycles. The predicted octanol–water partition coefficient (Wildman–Crippen LogP) is 1.28. The molecule has 186 valence electrons. The average Bonchev–Trinajstić information content (AvgIpc) is 3.27. The molecule has 5 rings (SSSR count). The maximum atomic E-state index is 12.9. The first-order valence-corrected chi connectivity index (χ1v) is 12.8. The highest BCUT2D eigenvalue weighted by Gasteiger charge is 2.30. The minimum Gasteiger partial charge on any atom is -1.00 e. The molecular weight excluding hydrogens is 506 g/mol. The Bertz CT molecular complexity index is 1200. The van der Waals surface area contributed by atoms with E-state index in [1.165, 1.54) is 41.5 Å². The highest BCUT2D eigenvalue weighted by molar-refractivity contribution is 6.43. The highest BCUT2D eigenvalue weighted by Crippen LogP contribution is 2.37. The summed E-state index contributed by atoms with van der Waals surface area (Å²) in [5.41, 5.74) is 7.01. The standard InChI is InChI=1S/C28H33N3O3.BrH/c1-19-21-14-8-2-3-9-15-22(21)24-26(25(29)28(32)34-31-16-10-5-11-17-31)30-33-27(24)23(19)18-20-12-6-4-7-13-20;/h4,6-7,12-13,29H,2-3,5,8-11,14-18H2,1H3;1H. The minimum absolute atomic E-state index is 0. The third-order valence-corrected chi connectivity index (χ3v) is 7.45. The molecular formula is C28H34BrN3O3. The summed E-state index contributed by atoms with van der Waals surface area (Å²) < 4.78 is 5.93. The Morgan fingerprint density at radius 2 is 1.66 bits per heavy atom. The fourth-order valence-corrected chi connectivity index (χ4v) is 5.59. The number of nitrogens with one attached hydrogen (secondary N) is 2. The number of carbonyl (C=O) groups excluding carboxylic acids is 1. The van der Waals surface area contributed by atoms with E-state index < -0.39 is 5.97 Å². The summed E-state index contributed by atoms with van der Waals surface area (Å²) in [7, 11) is 0. The fourth-order valence-electron chi connectivity index (χ4n) is 5.59. The van der Waals surface area contributed by atoms with Crippen LogP contribution >= 0.6 is 0 Å². The van der Waals surface area contributed by atoms with Crippen molar-refractivity contribution >= 4 is 22.7 Å². The van der Waals surface area contributed by atoms with E-state index in [2.05, 4.69) is 36.3 Å². The van der Waals surface area contributed by atoms with Crippen LogP contribution in [0.4, 0.5) is 0 Å². The van der Waals surface area contributed by atoms with Crippen molar-refractivity contribution in [2.75, 3.05) is 13.1 Å². The molecule has 2 aliphatic rings. The van der Waals surface area contributed by atoms with Crippen molar-refractivity contribution in [1.82, 2.24) is 5.16 Å². The van der Waals surface area contributed by atoms with Gasteiger partial charge < -0.3 is 21.5 Å². The number of hydroxylamine groups is 2. The summed E-state index contributed by atoms with van der Waals surface area (Å²) >= 11 is 0. The lowest BCUT2D eigenvalue weighted by Crippen LogP contribution is -3.12. The Morgan fingerprint density at radius 3 is 2.37 bits per heavy atom. The summed E-state index contributed by atoms with van der Waals surface area (Å²) in [6.45, 7) is 3.79. The van der Waals surface area contributed by atoms with Gasteiger partial charge in [0.25, 0.3) is 0 Å². The number of rotatable bonds is 5. The molecule has 1 aliphatic heterocycles. The van der Waals surface area contributed by atoms with Gasteiger partial charge in [0.15, 0.2) is 11.3 Å². The van der Waals surface area contributed by atoms with Gasteiger partial charge in [-0.25, -0.2) is 4.79 Å². The minimum atomic E-state index is -0.614. The van der Waals surface area contributed by atoms with Gasteiger partial charge in [-0.2, -0.15) is 0 Å². The van der Waals surface area contributed by atoms with E-state index in [0.29, 0.717) is 5.69 Å². The number of aromatic nitrogens is 1. The second-order valence-corrected chi connectivity index (χ2v) is 9.74. The van der Waals surface area contributed by atoms with Gasteiger partial charge in [0, 0.05) is 24.8 Å². The molecule has 2 aromatic carbocycles. The van der Waals surface area contributed by atoms with E-state index in [1.54, 1.807) is 0 Å². The van der Waals surface area contributed by atoms with E-state index in [1.807, 2.05) is 6.07 Å². The number of nitrogens with zero attached hydrogens (tertiary/aromatic N) is 1. The van der Waals surface area contributed by atoms with Crippen molar-refractivity contribution in [3.63, 3.8) is 0 Å². The Labute approximate surface area is 217 Å². The summed E-state index contributed by atoms with van der Waals surface area (Å²) in [4.78, 5) is 18.6. The van der Waals surface area contributed by atoms with Crippen molar-refractivity contribution in [3.05, 3.63) is 63.8 Å². The average molecular weight is 541 g/mol. The number of piperidine rings is 1. The van der Waals surface area contributed by atoms with Crippen LogP contribution in [-0.2, 0) is 28.9 Å². The maximum Gasteiger partial charge on any atom is 0.417 e. The Morgan fingerprint density at radius 1 is 1.00 bits per heavy atom. The molecule has 0 bridgehead atoms. The quantitative estimate of drug-likeness (QED) is 0.478. The number of quaternary nitrogens is 1. The Balaban J connectivity index is 0.00000289. The number of hydrogen-bond donors (Lipinski definition) is 2. The molecule has 0 amide bonds. The number of aryl methyl sites for hydroxylation is 1. The predicted molar refractivity (Wildman–Crippen MR) is 131 cm³/mol. The number of halogens is 1. The Hall–Kier alpha value is -2.51. The molecule has 0 unspecified atom stereocenters. The molecule has 35 heavy (non-hydrogen) atoms. The van der Waals surface area contributed by atoms with Crippen LogP contribution in [0.3, 0.4) is 0 Å². The van der Waals surface area contributed by atoms with Crippen molar-refractivity contribution in [3.8, 4) is 0 Å². The van der Waals surface area contributed by atoms with Crippen LogP contribution in [0.2, 0.25) is 0 Å². The summed E-state index contributed by atoms with van der Waals surface area (Å²) in [5, 5.41) is 14.7. The van der Waals surface area contributed by atoms with Gasteiger partial charge in [0.2, 0.25) is 0 Å². The largest absolute Gasteiger partial charge is 1.00 e. The number of carbonyl (C=O) groups is 1. The smallest absolute Gasteiger partial charge is 0.417 e. The summed E-state index contributed by atoms with van der Waals surface area (Å²) in [5.74, 6) is -0.614. The third kappa shape index (κ3) is 5.36. The van der Waals surface area contributed by atoms with Crippen molar-refractivity contribution in [2.24, 2.45) is 0 Å². The molecule has 2 heterocycles. The molecule has 1 fully saturated rings. The van der Waals surface area contributed by atoms with Crippen LogP contribution in [0, 0.1) is 12.3 Å². The van der Waals surface area contributed by atoms with Crippen LogP contribution in [0.5, 0.6) is 0 Å². The molecule has 0 spiro atoms. The topological polar surface area (TPSA) is 80.6 Å². The second-order valence-electron chi connectivity index (χ2n) is 9.74. The zero-order valence-electron chi connectivity index (χ0n) is 20.4. The first kappa shape index (κ1) is 25.6. The van der Waals surface area contributed by atoms with Gasteiger partial charge in [-0.15, -0.1) is 5.06 Å². The molecule has 3 aromatic rings. The number of hydrogen-bond acceptors (Lipinski definition) is 5. The summed E-state index contributed by atoms with van der Waals surface area (Å²) in [6, 6.07) is 10.4. The molecule has 1 aliphatic carbocycles. The first-order valence-electron chi connectivity index (χ1n) is 12.8. The van der Waals surface area contributed by atoms with E-state index in [-0.39, 0.29) is 22.7 Å². The van der Waals surface area contributed by atoms with Crippen molar-refractivity contribution < 1.29 is 36.2 Å². The monoisotopic (exact) mass is 539 g/mol. The normalized spacial score (nSPS) is 16.6. The lowest BCUT2D eigenvalue weighted by molar-refractivity contribution is -1.08. The van der Waals surface area contributed by atoms with E-state index in [4.69, 9.17) is 14.8 Å². The van der Waals surface area contributed by atoms with Crippen LogP contribution in [0.15, 0.2) is 34.9 Å². The van der Waals surface area contributed by atoms with E-state index in [9.17, 15) is 4.79 Å². The molecule has 7 heteroatoms. The lowest BCUT2D eigenvalue weighted by Gasteiger charge is -2.21. The van der Waals surface area contributed by atoms with Gasteiger partial charge in [-0.1, -0.05) is 48.3 Å². The SMILES string of the molecule is Cc1c2c(c3c(C(=N)C(=O)O[NH+]4CCCCC4)noc3c1Cc1ccccc1)CCCCCC2.[Br-]. The Kier molecular flexibility index (Phi) is 8.39. The molecule has 0 atom stereocenters. The van der Waals surface area contributed by atoms with Crippen LogP contribution in [0.25, 0.3) is 11.0 Å². The lowest BCUT2D eigenvalue weighted by atomic mass is 9.83. The molecule has 6 nitrogen and oxygen atoms in total.